The number of benzene rings is 1. The van der Waals surface area contributed by atoms with Crippen LogP contribution in [0, 0.1) is 5.92 Å². The van der Waals surface area contributed by atoms with Crippen LogP contribution < -0.4 is 5.32 Å². The monoisotopic (exact) mass is 312 g/mol. The second kappa shape index (κ2) is 5.68. The normalized spacial score (nSPS) is 27.1. The summed E-state index contributed by atoms with van der Waals surface area (Å²) in [6.45, 7) is 3.26. The van der Waals surface area contributed by atoms with Crippen molar-refractivity contribution in [3.05, 3.63) is 35.5 Å². The third kappa shape index (κ3) is 2.19. The highest BCUT2D eigenvalue weighted by Gasteiger charge is 2.50. The molecule has 2 heterocycles. The first-order chi connectivity index (χ1) is 11.3. The highest BCUT2D eigenvalue weighted by molar-refractivity contribution is 5.86. The van der Waals surface area contributed by atoms with Crippen molar-refractivity contribution >= 4 is 16.9 Å². The Morgan fingerprint density at radius 1 is 1.35 bits per heavy atom. The third-order valence-corrected chi connectivity index (χ3v) is 5.56. The van der Waals surface area contributed by atoms with Crippen LogP contribution in [-0.2, 0) is 21.5 Å². The topological polar surface area (TPSA) is 54.1 Å². The van der Waals surface area contributed by atoms with Crippen LogP contribution in [0.5, 0.6) is 0 Å². The first-order valence-electron chi connectivity index (χ1n) is 8.78. The van der Waals surface area contributed by atoms with Crippen LogP contribution in [0.25, 0.3) is 10.9 Å². The number of ether oxygens (including phenoxy) is 1. The molecule has 4 heteroatoms. The lowest BCUT2D eigenvalue weighted by Crippen LogP contribution is -2.56. The zero-order chi connectivity index (χ0) is 15.9. The molecule has 0 saturated heterocycles. The molecule has 0 bridgehead atoms. The van der Waals surface area contributed by atoms with E-state index in [1.807, 2.05) is 6.92 Å². The highest BCUT2D eigenvalue weighted by Crippen LogP contribution is 2.46. The van der Waals surface area contributed by atoms with Crippen molar-refractivity contribution in [1.29, 1.82) is 0 Å². The number of fused-ring (bicyclic) bond motifs is 4. The number of carbonyl (C=O) groups excluding carboxylic acids is 1. The van der Waals surface area contributed by atoms with Crippen LogP contribution in [0.15, 0.2) is 24.3 Å². The fraction of sp³-hybridized carbons (Fsp3) is 0.526. The maximum absolute atomic E-state index is 12.6. The molecule has 0 amide bonds. The number of aromatic nitrogens is 1. The average Bonchev–Trinajstić information content (AvgIpc) is 2.96. The summed E-state index contributed by atoms with van der Waals surface area (Å²) in [5, 5.41) is 5.01. The molecule has 1 aromatic heterocycles. The molecule has 1 aliphatic heterocycles. The predicted octanol–water partition coefficient (Wildman–Crippen LogP) is 3.26. The van der Waals surface area contributed by atoms with Gasteiger partial charge in [-0.3, -0.25) is 4.79 Å². The lowest BCUT2D eigenvalue weighted by Gasteiger charge is -2.46. The molecule has 2 atom stereocenters. The molecule has 1 spiro atoms. The Morgan fingerprint density at radius 3 is 3.09 bits per heavy atom. The lowest BCUT2D eigenvalue weighted by atomic mass is 9.68. The quantitative estimate of drug-likeness (QED) is 0.837. The maximum Gasteiger partial charge on any atom is 0.311 e. The summed E-state index contributed by atoms with van der Waals surface area (Å²) in [7, 11) is 0. The molecular formula is C19H24N2O2. The molecular weight excluding hydrogens is 288 g/mol. The first kappa shape index (κ1) is 14.8. The molecule has 1 fully saturated rings. The Morgan fingerprint density at radius 2 is 2.22 bits per heavy atom. The molecule has 2 N–H and O–H groups in total. The van der Waals surface area contributed by atoms with Gasteiger partial charge in [0, 0.05) is 23.1 Å². The highest BCUT2D eigenvalue weighted by atomic mass is 16.5. The van der Waals surface area contributed by atoms with Crippen molar-refractivity contribution in [3.63, 3.8) is 0 Å². The van der Waals surface area contributed by atoms with Crippen LogP contribution in [0.1, 0.15) is 43.9 Å². The van der Waals surface area contributed by atoms with E-state index in [-0.39, 0.29) is 17.4 Å². The zero-order valence-corrected chi connectivity index (χ0v) is 13.7. The number of hydrogen-bond donors (Lipinski definition) is 2. The largest absolute Gasteiger partial charge is 0.466 e. The molecule has 23 heavy (non-hydrogen) atoms. The number of para-hydroxylation sites is 1. The Hall–Kier alpha value is -1.81. The van der Waals surface area contributed by atoms with Gasteiger partial charge in [-0.05, 0) is 37.8 Å². The number of nitrogens with one attached hydrogen (secondary N) is 2. The molecule has 2 aliphatic rings. The van der Waals surface area contributed by atoms with Gasteiger partial charge in [0.1, 0.15) is 0 Å². The number of H-pyrrole nitrogens is 1. The molecule has 122 valence electrons. The molecule has 0 radical (unpaired) electrons. The first-order valence-corrected chi connectivity index (χ1v) is 8.78. The molecule has 4 nitrogen and oxygen atoms in total. The van der Waals surface area contributed by atoms with Crippen molar-refractivity contribution in [1.82, 2.24) is 10.3 Å². The van der Waals surface area contributed by atoms with Gasteiger partial charge in [0.25, 0.3) is 0 Å². The smallest absolute Gasteiger partial charge is 0.311 e. The van der Waals surface area contributed by atoms with Gasteiger partial charge in [-0.1, -0.05) is 31.0 Å². The van der Waals surface area contributed by atoms with E-state index in [0.29, 0.717) is 6.61 Å². The minimum Gasteiger partial charge on any atom is -0.466 e. The Balaban J connectivity index is 1.86. The Bertz CT molecular complexity index is 736. The van der Waals surface area contributed by atoms with Crippen LogP contribution in [-0.4, -0.2) is 24.1 Å². The number of hydrogen-bond acceptors (Lipinski definition) is 3. The summed E-state index contributed by atoms with van der Waals surface area (Å²) >= 11 is 0. The van der Waals surface area contributed by atoms with Crippen LogP contribution >= 0.6 is 0 Å². The number of esters is 1. The van der Waals surface area contributed by atoms with Gasteiger partial charge < -0.3 is 15.0 Å². The lowest BCUT2D eigenvalue weighted by molar-refractivity contribution is -0.153. The summed E-state index contributed by atoms with van der Waals surface area (Å²) in [5.41, 5.74) is 3.50. The maximum atomic E-state index is 12.6. The second-order valence-corrected chi connectivity index (χ2v) is 6.72. The SMILES string of the molecule is CCOC(=O)C1CCCCC12NCCc1c2[nH]c2ccccc12. The summed E-state index contributed by atoms with van der Waals surface area (Å²) < 4.78 is 5.41. The van der Waals surface area contributed by atoms with Crippen LogP contribution in [0.4, 0.5) is 0 Å². The van der Waals surface area contributed by atoms with Gasteiger partial charge in [-0.2, -0.15) is 0 Å². The molecule has 2 unspecified atom stereocenters. The van der Waals surface area contributed by atoms with Crippen molar-refractivity contribution in [2.75, 3.05) is 13.2 Å². The van der Waals surface area contributed by atoms with Crippen LogP contribution in [0.3, 0.4) is 0 Å². The molecule has 1 aliphatic carbocycles. The number of aromatic amines is 1. The van der Waals surface area contributed by atoms with E-state index in [1.165, 1.54) is 22.2 Å². The van der Waals surface area contributed by atoms with E-state index in [2.05, 4.69) is 34.6 Å². The van der Waals surface area contributed by atoms with E-state index < -0.39 is 0 Å². The van der Waals surface area contributed by atoms with E-state index in [0.717, 1.165) is 38.6 Å². The summed E-state index contributed by atoms with van der Waals surface area (Å²) in [5.74, 6) is -0.144. The summed E-state index contributed by atoms with van der Waals surface area (Å²) in [6.07, 6.45) is 5.16. The molecule has 1 saturated carbocycles. The van der Waals surface area contributed by atoms with Crippen molar-refractivity contribution < 1.29 is 9.53 Å². The second-order valence-electron chi connectivity index (χ2n) is 6.72. The zero-order valence-electron chi connectivity index (χ0n) is 13.7. The molecule has 1 aromatic carbocycles. The van der Waals surface area contributed by atoms with Crippen LogP contribution in [0.2, 0.25) is 0 Å². The van der Waals surface area contributed by atoms with E-state index >= 15 is 0 Å². The average molecular weight is 312 g/mol. The standard InChI is InChI=1S/C19H24N2O2/c1-2-23-18(22)15-8-5-6-11-19(15)17-14(10-12-20-19)13-7-3-4-9-16(13)21-17/h3-4,7,9,15,20-21H,2,5-6,8,10-12H2,1H3. The minimum atomic E-state index is -0.281. The number of carbonyl (C=O) groups is 1. The van der Waals surface area contributed by atoms with Crippen molar-refractivity contribution in [3.8, 4) is 0 Å². The third-order valence-electron chi connectivity index (χ3n) is 5.56. The fourth-order valence-electron chi connectivity index (χ4n) is 4.59. The van der Waals surface area contributed by atoms with Gasteiger partial charge >= 0.3 is 5.97 Å². The van der Waals surface area contributed by atoms with Gasteiger partial charge in [0.2, 0.25) is 0 Å². The van der Waals surface area contributed by atoms with Gasteiger partial charge in [-0.25, -0.2) is 0 Å². The van der Waals surface area contributed by atoms with Gasteiger partial charge in [0.15, 0.2) is 0 Å². The van der Waals surface area contributed by atoms with Gasteiger partial charge in [-0.15, -0.1) is 0 Å². The predicted molar refractivity (Wildman–Crippen MR) is 90.3 cm³/mol. The molecule has 4 rings (SSSR count). The minimum absolute atomic E-state index is 0.0498. The number of rotatable bonds is 2. The van der Waals surface area contributed by atoms with Crippen molar-refractivity contribution in [2.45, 2.75) is 44.6 Å². The van der Waals surface area contributed by atoms with E-state index in [1.54, 1.807) is 0 Å². The summed E-state index contributed by atoms with van der Waals surface area (Å²) in [6, 6.07) is 8.47. The summed E-state index contributed by atoms with van der Waals surface area (Å²) in [4.78, 5) is 16.3. The Kier molecular flexibility index (Phi) is 3.64. The Labute approximate surface area is 136 Å². The molecule has 2 aromatic rings. The van der Waals surface area contributed by atoms with Crippen molar-refractivity contribution in [2.24, 2.45) is 5.92 Å². The van der Waals surface area contributed by atoms with Gasteiger partial charge in [0.05, 0.1) is 18.1 Å². The van der Waals surface area contributed by atoms with E-state index in [9.17, 15) is 4.79 Å². The fourth-order valence-corrected chi connectivity index (χ4v) is 4.59. The van der Waals surface area contributed by atoms with E-state index in [4.69, 9.17) is 4.74 Å².